The molecular formula is C25H29ClN4O2. The van der Waals surface area contributed by atoms with Crippen LogP contribution in [0.15, 0.2) is 36.5 Å². The second-order valence-electron chi connectivity index (χ2n) is 8.45. The van der Waals surface area contributed by atoms with E-state index >= 15 is 0 Å². The summed E-state index contributed by atoms with van der Waals surface area (Å²) < 4.78 is 0. The second-order valence-corrected chi connectivity index (χ2v) is 8.86. The number of hydrogen-bond acceptors (Lipinski definition) is 4. The number of hydrogen-bond donors (Lipinski definition) is 1. The number of nitrogens with one attached hydrogen (secondary N) is 1. The molecule has 2 aliphatic heterocycles. The van der Waals surface area contributed by atoms with Crippen molar-refractivity contribution in [2.45, 2.75) is 39.3 Å². The van der Waals surface area contributed by atoms with E-state index in [1.807, 2.05) is 42.3 Å². The summed E-state index contributed by atoms with van der Waals surface area (Å²) in [5.41, 5.74) is 5.09. The van der Waals surface area contributed by atoms with Gasteiger partial charge in [0, 0.05) is 42.6 Å². The number of aryl methyl sites for hydroxylation is 1. The molecule has 2 aliphatic rings. The number of halogens is 1. The van der Waals surface area contributed by atoms with E-state index in [2.05, 4.69) is 15.2 Å². The number of carbonyl (C=O) groups excluding carboxylic acids is 2. The molecule has 0 aliphatic carbocycles. The highest BCUT2D eigenvalue weighted by Crippen LogP contribution is 2.24. The van der Waals surface area contributed by atoms with Crippen LogP contribution in [0.5, 0.6) is 0 Å². The van der Waals surface area contributed by atoms with E-state index in [1.54, 1.807) is 12.2 Å². The molecule has 0 atom stereocenters. The molecule has 3 heterocycles. The highest BCUT2D eigenvalue weighted by Gasteiger charge is 2.23. The number of amides is 2. The van der Waals surface area contributed by atoms with Crippen LogP contribution in [0.1, 0.15) is 40.8 Å². The number of pyridine rings is 1. The van der Waals surface area contributed by atoms with E-state index in [1.165, 1.54) is 18.4 Å². The van der Waals surface area contributed by atoms with Crippen LogP contribution in [-0.2, 0) is 29.1 Å². The topological polar surface area (TPSA) is 65.5 Å². The van der Waals surface area contributed by atoms with Gasteiger partial charge in [-0.05, 0) is 73.7 Å². The Bertz CT molecular complexity index is 1030. The minimum Gasteiger partial charge on any atom is -0.351 e. The maximum Gasteiger partial charge on any atom is 0.246 e. The SMILES string of the molecule is Cc1ncc2c(c1CNC(=O)CN1CCCC1)CCN(C(=O)/C=C/c1ccccc1Cl)C2. The Kier molecular flexibility index (Phi) is 7.22. The van der Waals surface area contributed by atoms with Crippen molar-refractivity contribution in [3.8, 4) is 0 Å². The summed E-state index contributed by atoms with van der Waals surface area (Å²) in [5, 5.41) is 3.69. The van der Waals surface area contributed by atoms with Gasteiger partial charge in [-0.1, -0.05) is 29.8 Å². The third-order valence-electron chi connectivity index (χ3n) is 6.25. The molecule has 0 saturated carbocycles. The van der Waals surface area contributed by atoms with Crippen LogP contribution in [-0.4, -0.2) is 52.8 Å². The molecule has 0 radical (unpaired) electrons. The molecule has 1 aromatic heterocycles. The van der Waals surface area contributed by atoms with E-state index in [-0.39, 0.29) is 11.8 Å². The van der Waals surface area contributed by atoms with Crippen molar-refractivity contribution < 1.29 is 9.59 Å². The Morgan fingerprint density at radius 1 is 1.19 bits per heavy atom. The van der Waals surface area contributed by atoms with Crippen molar-refractivity contribution in [1.82, 2.24) is 20.1 Å². The number of rotatable bonds is 6. The highest BCUT2D eigenvalue weighted by molar-refractivity contribution is 6.32. The van der Waals surface area contributed by atoms with E-state index in [9.17, 15) is 9.59 Å². The first-order valence-corrected chi connectivity index (χ1v) is 11.6. The number of aromatic nitrogens is 1. The Labute approximate surface area is 194 Å². The van der Waals surface area contributed by atoms with Crippen molar-refractivity contribution in [2.24, 2.45) is 0 Å². The number of nitrogens with zero attached hydrogens (tertiary/aromatic N) is 3. The Morgan fingerprint density at radius 3 is 2.75 bits per heavy atom. The van der Waals surface area contributed by atoms with Crippen LogP contribution in [0, 0.1) is 6.92 Å². The van der Waals surface area contributed by atoms with Crippen molar-refractivity contribution in [1.29, 1.82) is 0 Å². The van der Waals surface area contributed by atoms with Gasteiger partial charge in [0.25, 0.3) is 0 Å². The number of carbonyl (C=O) groups is 2. The summed E-state index contributed by atoms with van der Waals surface area (Å²) in [6.45, 7) is 6.08. The van der Waals surface area contributed by atoms with Crippen LogP contribution >= 0.6 is 11.6 Å². The summed E-state index contributed by atoms with van der Waals surface area (Å²) in [5.74, 6) is 0.0119. The molecule has 2 amide bonds. The fourth-order valence-electron chi connectivity index (χ4n) is 4.41. The monoisotopic (exact) mass is 452 g/mol. The third kappa shape index (κ3) is 5.37. The Balaban J connectivity index is 1.40. The van der Waals surface area contributed by atoms with Gasteiger partial charge in [0.1, 0.15) is 0 Å². The van der Waals surface area contributed by atoms with Gasteiger partial charge in [0.15, 0.2) is 0 Å². The van der Waals surface area contributed by atoms with E-state index in [0.29, 0.717) is 31.2 Å². The lowest BCUT2D eigenvalue weighted by atomic mass is 9.94. The number of benzene rings is 1. The summed E-state index contributed by atoms with van der Waals surface area (Å²) in [6.07, 6.45) is 8.29. The molecule has 0 bridgehead atoms. The van der Waals surface area contributed by atoms with Gasteiger partial charge in [-0.25, -0.2) is 0 Å². The standard InChI is InChI=1S/C25H29ClN4O2/c1-18-22(15-28-24(31)17-29-11-4-5-12-29)21-10-13-30(16-20(21)14-27-18)25(32)9-8-19-6-2-3-7-23(19)26/h2-3,6-9,14H,4-5,10-13,15-17H2,1H3,(H,28,31)/b9-8+. The molecule has 32 heavy (non-hydrogen) atoms. The lowest BCUT2D eigenvalue weighted by Crippen LogP contribution is -2.37. The largest absolute Gasteiger partial charge is 0.351 e. The average molecular weight is 453 g/mol. The molecule has 4 rings (SSSR count). The first kappa shape index (κ1) is 22.5. The minimum absolute atomic E-state index is 0.0448. The van der Waals surface area contributed by atoms with Gasteiger partial charge in [0.05, 0.1) is 6.54 Å². The van der Waals surface area contributed by atoms with Crippen LogP contribution in [0.25, 0.3) is 6.08 Å². The van der Waals surface area contributed by atoms with Crippen LogP contribution in [0.3, 0.4) is 0 Å². The van der Waals surface area contributed by atoms with Gasteiger partial charge in [-0.3, -0.25) is 19.5 Å². The fraction of sp³-hybridized carbons (Fsp3) is 0.400. The normalized spacial score (nSPS) is 16.4. The Morgan fingerprint density at radius 2 is 1.97 bits per heavy atom. The van der Waals surface area contributed by atoms with Crippen molar-refractivity contribution in [2.75, 3.05) is 26.2 Å². The zero-order valence-corrected chi connectivity index (χ0v) is 19.2. The van der Waals surface area contributed by atoms with Crippen molar-refractivity contribution >= 4 is 29.5 Å². The third-order valence-corrected chi connectivity index (χ3v) is 6.59. The smallest absolute Gasteiger partial charge is 0.246 e. The van der Waals surface area contributed by atoms with E-state index in [4.69, 9.17) is 11.6 Å². The summed E-state index contributed by atoms with van der Waals surface area (Å²) in [7, 11) is 0. The summed E-state index contributed by atoms with van der Waals surface area (Å²) >= 11 is 6.17. The van der Waals surface area contributed by atoms with Crippen molar-refractivity contribution in [3.63, 3.8) is 0 Å². The molecular weight excluding hydrogens is 424 g/mol. The summed E-state index contributed by atoms with van der Waals surface area (Å²) in [4.78, 5) is 33.7. The fourth-order valence-corrected chi connectivity index (χ4v) is 4.61. The van der Waals surface area contributed by atoms with Gasteiger partial charge in [-0.15, -0.1) is 0 Å². The van der Waals surface area contributed by atoms with Gasteiger partial charge >= 0.3 is 0 Å². The van der Waals surface area contributed by atoms with Gasteiger partial charge < -0.3 is 10.2 Å². The van der Waals surface area contributed by atoms with Gasteiger partial charge in [0.2, 0.25) is 11.8 Å². The molecule has 7 heteroatoms. The van der Waals surface area contributed by atoms with E-state index in [0.717, 1.165) is 41.9 Å². The zero-order chi connectivity index (χ0) is 22.5. The molecule has 168 valence electrons. The summed E-state index contributed by atoms with van der Waals surface area (Å²) in [6, 6.07) is 7.45. The molecule has 2 aromatic rings. The first-order valence-electron chi connectivity index (χ1n) is 11.2. The Hall–Kier alpha value is -2.70. The lowest BCUT2D eigenvalue weighted by molar-refractivity contribution is -0.126. The maximum atomic E-state index is 12.7. The predicted molar refractivity (Wildman–Crippen MR) is 126 cm³/mol. The molecule has 0 unspecified atom stereocenters. The minimum atomic E-state index is -0.0448. The van der Waals surface area contributed by atoms with Crippen LogP contribution in [0.4, 0.5) is 0 Å². The maximum absolute atomic E-state index is 12.7. The quantitative estimate of drug-likeness (QED) is 0.682. The lowest BCUT2D eigenvalue weighted by Gasteiger charge is -2.30. The molecule has 1 fully saturated rings. The molecule has 1 N–H and O–H groups in total. The molecule has 1 aromatic carbocycles. The average Bonchev–Trinajstić information content (AvgIpc) is 3.30. The highest BCUT2D eigenvalue weighted by atomic mass is 35.5. The van der Waals surface area contributed by atoms with E-state index < -0.39 is 0 Å². The van der Waals surface area contributed by atoms with Crippen LogP contribution in [0.2, 0.25) is 5.02 Å². The first-order chi connectivity index (χ1) is 15.5. The van der Waals surface area contributed by atoms with Crippen molar-refractivity contribution in [3.05, 3.63) is 69.5 Å². The van der Waals surface area contributed by atoms with Crippen LogP contribution < -0.4 is 5.32 Å². The molecule has 0 spiro atoms. The number of fused-ring (bicyclic) bond motifs is 1. The molecule has 1 saturated heterocycles. The van der Waals surface area contributed by atoms with Gasteiger partial charge in [-0.2, -0.15) is 0 Å². The zero-order valence-electron chi connectivity index (χ0n) is 18.4. The predicted octanol–water partition coefficient (Wildman–Crippen LogP) is 3.35. The molecule has 6 nitrogen and oxygen atoms in total. The second kappa shape index (κ2) is 10.3. The number of likely N-dealkylation sites (tertiary alicyclic amines) is 1.